The number of anilines is 1. The molecule has 0 aliphatic carbocycles. The van der Waals surface area contributed by atoms with Crippen molar-refractivity contribution in [3.8, 4) is 11.5 Å². The van der Waals surface area contributed by atoms with Gasteiger partial charge in [0, 0.05) is 30.2 Å². The molecule has 0 radical (unpaired) electrons. The van der Waals surface area contributed by atoms with Crippen LogP contribution in [0.3, 0.4) is 0 Å². The van der Waals surface area contributed by atoms with Crippen LogP contribution in [0, 0.1) is 0 Å². The zero-order valence-corrected chi connectivity index (χ0v) is 20.7. The van der Waals surface area contributed by atoms with Gasteiger partial charge in [0.2, 0.25) is 0 Å². The summed E-state index contributed by atoms with van der Waals surface area (Å²) in [6, 6.07) is 9.34. The first kappa shape index (κ1) is 22.4. The molecule has 0 atom stereocenters. The van der Waals surface area contributed by atoms with Gasteiger partial charge in [0.15, 0.2) is 11.5 Å². The van der Waals surface area contributed by atoms with Gasteiger partial charge in [-0.05, 0) is 64.8 Å². The lowest BCUT2D eigenvalue weighted by Gasteiger charge is -2.31. The second-order valence-corrected chi connectivity index (χ2v) is 10.6. The molecule has 3 aliphatic rings. The first-order chi connectivity index (χ1) is 16.0. The summed E-state index contributed by atoms with van der Waals surface area (Å²) in [5, 5.41) is 0. The molecule has 0 spiro atoms. The van der Waals surface area contributed by atoms with E-state index in [1.54, 1.807) is 13.1 Å². The van der Waals surface area contributed by atoms with Crippen LogP contribution >= 0.6 is 0 Å². The van der Waals surface area contributed by atoms with E-state index in [1.165, 1.54) is 15.4 Å². The molecule has 3 aliphatic heterocycles. The van der Waals surface area contributed by atoms with Crippen LogP contribution in [0.25, 0.3) is 0 Å². The number of urea groups is 1. The van der Waals surface area contributed by atoms with Crippen LogP contribution < -0.4 is 14.4 Å². The van der Waals surface area contributed by atoms with Crippen LogP contribution in [-0.4, -0.2) is 53.9 Å². The zero-order valence-electron chi connectivity index (χ0n) is 20.7. The standard InChI is InChI=1S/C27H31N3O4/c1-7-33-20-12-17-13-26(2,3)28-23(22(17)19-14-27(4,5)34-24(19)20)16-9-8-10-18(11-16)30-21(31)15-29(6)25(30)32/h8-12H,7,13-15H2,1-6H3. The van der Waals surface area contributed by atoms with E-state index in [4.69, 9.17) is 14.5 Å². The lowest BCUT2D eigenvalue weighted by Crippen LogP contribution is -2.32. The molecule has 2 aromatic carbocycles. The molecular weight excluding hydrogens is 430 g/mol. The predicted molar refractivity (Wildman–Crippen MR) is 131 cm³/mol. The van der Waals surface area contributed by atoms with Gasteiger partial charge in [-0.3, -0.25) is 9.79 Å². The SMILES string of the molecule is CCOc1cc2c(c3c1OC(C)(C)C3)C(c1cccc(N3C(=O)CN(C)C3=O)c1)=NC(C)(C)C2. The first-order valence-electron chi connectivity index (χ1n) is 11.8. The summed E-state index contributed by atoms with van der Waals surface area (Å²) in [5.74, 6) is 1.35. The van der Waals surface area contributed by atoms with E-state index in [-0.39, 0.29) is 29.6 Å². The van der Waals surface area contributed by atoms with E-state index in [1.807, 2.05) is 25.1 Å². The van der Waals surface area contributed by atoms with Crippen molar-refractivity contribution in [3.63, 3.8) is 0 Å². The Morgan fingerprint density at radius 1 is 1.12 bits per heavy atom. The molecule has 5 rings (SSSR count). The first-order valence-corrected chi connectivity index (χ1v) is 11.8. The normalized spacial score (nSPS) is 20.1. The van der Waals surface area contributed by atoms with E-state index in [0.29, 0.717) is 12.3 Å². The molecule has 0 bridgehead atoms. The molecule has 2 aromatic rings. The maximum absolute atomic E-state index is 12.6. The van der Waals surface area contributed by atoms with E-state index in [2.05, 4.69) is 33.8 Å². The lowest BCUT2D eigenvalue weighted by molar-refractivity contribution is -0.116. The van der Waals surface area contributed by atoms with Crippen molar-refractivity contribution >= 4 is 23.3 Å². The van der Waals surface area contributed by atoms with Crippen molar-refractivity contribution < 1.29 is 19.1 Å². The maximum atomic E-state index is 12.6. The molecule has 0 aromatic heterocycles. The summed E-state index contributed by atoms with van der Waals surface area (Å²) in [7, 11) is 1.63. The number of hydrogen-bond donors (Lipinski definition) is 0. The topological polar surface area (TPSA) is 71.4 Å². The highest BCUT2D eigenvalue weighted by Gasteiger charge is 2.40. The van der Waals surface area contributed by atoms with Crippen LogP contribution in [0.4, 0.5) is 10.5 Å². The molecule has 7 nitrogen and oxygen atoms in total. The molecule has 3 amide bonds. The van der Waals surface area contributed by atoms with Gasteiger partial charge in [-0.2, -0.15) is 0 Å². The van der Waals surface area contributed by atoms with Gasteiger partial charge in [-0.25, -0.2) is 9.69 Å². The van der Waals surface area contributed by atoms with Crippen LogP contribution in [0.15, 0.2) is 35.3 Å². The van der Waals surface area contributed by atoms with E-state index >= 15 is 0 Å². The van der Waals surface area contributed by atoms with Crippen molar-refractivity contribution in [3.05, 3.63) is 52.6 Å². The Hall–Kier alpha value is -3.35. The highest BCUT2D eigenvalue weighted by atomic mass is 16.5. The molecule has 178 valence electrons. The molecule has 0 N–H and O–H groups in total. The van der Waals surface area contributed by atoms with Crippen molar-refractivity contribution in [1.82, 2.24) is 4.90 Å². The average Bonchev–Trinajstić information content (AvgIpc) is 3.20. The number of hydrogen-bond acceptors (Lipinski definition) is 5. The Labute approximate surface area is 200 Å². The number of amides is 3. The number of ether oxygens (including phenoxy) is 2. The average molecular weight is 462 g/mol. The zero-order chi connectivity index (χ0) is 24.4. The van der Waals surface area contributed by atoms with Gasteiger partial charge in [0.1, 0.15) is 12.1 Å². The van der Waals surface area contributed by atoms with Gasteiger partial charge in [0.05, 0.1) is 23.5 Å². The van der Waals surface area contributed by atoms with Gasteiger partial charge >= 0.3 is 6.03 Å². The number of imide groups is 1. The minimum absolute atomic E-state index is 0.0833. The smallest absolute Gasteiger partial charge is 0.331 e. The van der Waals surface area contributed by atoms with Gasteiger partial charge in [0.25, 0.3) is 5.91 Å². The number of aliphatic imine (C=N–C) groups is 1. The fourth-order valence-corrected chi connectivity index (χ4v) is 5.21. The maximum Gasteiger partial charge on any atom is 0.331 e. The molecule has 0 unspecified atom stereocenters. The summed E-state index contributed by atoms with van der Waals surface area (Å²) >= 11 is 0. The highest BCUT2D eigenvalue weighted by molar-refractivity contribution is 6.21. The summed E-state index contributed by atoms with van der Waals surface area (Å²) in [6.45, 7) is 11.0. The van der Waals surface area contributed by atoms with Crippen LogP contribution in [0.2, 0.25) is 0 Å². The predicted octanol–water partition coefficient (Wildman–Crippen LogP) is 4.37. The molecule has 1 fully saturated rings. The Kier molecular flexibility index (Phi) is 5.01. The Morgan fingerprint density at radius 2 is 1.88 bits per heavy atom. The second kappa shape index (κ2) is 7.58. The third kappa shape index (κ3) is 3.63. The monoisotopic (exact) mass is 461 g/mol. The van der Waals surface area contributed by atoms with E-state index in [9.17, 15) is 9.59 Å². The summed E-state index contributed by atoms with van der Waals surface area (Å²) < 4.78 is 12.3. The van der Waals surface area contributed by atoms with E-state index < -0.39 is 0 Å². The molecule has 34 heavy (non-hydrogen) atoms. The van der Waals surface area contributed by atoms with Crippen molar-refractivity contribution in [2.45, 2.75) is 58.6 Å². The highest BCUT2D eigenvalue weighted by Crippen LogP contribution is 2.48. The largest absolute Gasteiger partial charge is 0.490 e. The summed E-state index contributed by atoms with van der Waals surface area (Å²) in [4.78, 5) is 32.9. The second-order valence-electron chi connectivity index (χ2n) is 10.6. The van der Waals surface area contributed by atoms with Crippen molar-refractivity contribution in [2.24, 2.45) is 4.99 Å². The van der Waals surface area contributed by atoms with Crippen molar-refractivity contribution in [2.75, 3.05) is 25.1 Å². The van der Waals surface area contributed by atoms with Gasteiger partial charge < -0.3 is 14.4 Å². The summed E-state index contributed by atoms with van der Waals surface area (Å²) in [5.41, 5.74) is 5.00. The minimum atomic E-state index is -0.345. The molecule has 3 heterocycles. The van der Waals surface area contributed by atoms with Gasteiger partial charge in [-0.15, -0.1) is 0 Å². The number of rotatable bonds is 4. The van der Waals surface area contributed by atoms with E-state index in [0.717, 1.165) is 46.7 Å². The Bertz CT molecular complexity index is 1240. The number of nitrogens with zero attached hydrogens (tertiary/aromatic N) is 3. The molecule has 0 saturated carbocycles. The lowest BCUT2D eigenvalue weighted by atomic mass is 9.81. The van der Waals surface area contributed by atoms with Crippen LogP contribution in [0.1, 0.15) is 56.9 Å². The number of likely N-dealkylation sites (N-methyl/N-ethyl adjacent to an activating group) is 1. The van der Waals surface area contributed by atoms with Crippen LogP contribution in [0.5, 0.6) is 11.5 Å². The fraction of sp³-hybridized carbons (Fsp3) is 0.444. The van der Waals surface area contributed by atoms with Gasteiger partial charge in [-0.1, -0.05) is 12.1 Å². The number of carbonyl (C=O) groups excluding carboxylic acids is 2. The van der Waals surface area contributed by atoms with Crippen molar-refractivity contribution in [1.29, 1.82) is 0 Å². The third-order valence-electron chi connectivity index (χ3n) is 6.50. The minimum Gasteiger partial charge on any atom is -0.490 e. The fourth-order valence-electron chi connectivity index (χ4n) is 5.21. The number of fused-ring (bicyclic) bond motifs is 3. The quantitative estimate of drug-likeness (QED) is 0.634. The van der Waals surface area contributed by atoms with Crippen LogP contribution in [-0.2, 0) is 17.6 Å². The molecular formula is C27H31N3O4. The Balaban J connectivity index is 1.68. The molecule has 7 heteroatoms. The molecule has 1 saturated heterocycles. The third-order valence-corrected chi connectivity index (χ3v) is 6.50. The summed E-state index contributed by atoms with van der Waals surface area (Å²) in [6.07, 6.45) is 1.53. The number of carbonyl (C=O) groups is 2. The Morgan fingerprint density at radius 3 is 2.56 bits per heavy atom. The number of benzene rings is 2.